The molecule has 0 rings (SSSR count). The lowest BCUT2D eigenvalue weighted by molar-refractivity contribution is -0.151. The van der Waals surface area contributed by atoms with E-state index in [4.69, 9.17) is 14.2 Å². The number of ether oxygens (including phenoxy) is 3. The maximum absolute atomic E-state index is 12.2. The molecule has 174 valence electrons. The SMILES string of the molecule is CCCCCCCCC(CCCCCCCC)OC(=O)CCOCCOCCBr. The zero-order valence-corrected chi connectivity index (χ0v) is 20.8. The summed E-state index contributed by atoms with van der Waals surface area (Å²) in [6.45, 7) is 6.69. The standard InChI is InChI=1S/C24H47BrO4/c1-3-5-7-9-11-13-15-23(16-14-12-10-8-6-4-2)29-24(26)17-19-27-21-22-28-20-18-25/h23H,3-22H2,1-2H3. The zero-order chi connectivity index (χ0) is 21.4. The lowest BCUT2D eigenvalue weighted by Gasteiger charge is -2.18. The smallest absolute Gasteiger partial charge is 0.308 e. The summed E-state index contributed by atoms with van der Waals surface area (Å²) in [4.78, 5) is 12.2. The fourth-order valence-electron chi connectivity index (χ4n) is 3.34. The Labute approximate surface area is 189 Å². The molecular weight excluding hydrogens is 432 g/mol. The van der Waals surface area contributed by atoms with Crippen molar-refractivity contribution >= 4 is 21.9 Å². The predicted molar refractivity (Wildman–Crippen MR) is 126 cm³/mol. The van der Waals surface area contributed by atoms with Crippen LogP contribution in [0.3, 0.4) is 0 Å². The van der Waals surface area contributed by atoms with Gasteiger partial charge in [0.2, 0.25) is 0 Å². The van der Waals surface area contributed by atoms with Gasteiger partial charge in [0.15, 0.2) is 0 Å². The highest BCUT2D eigenvalue weighted by molar-refractivity contribution is 9.09. The first-order valence-corrected chi connectivity index (χ1v) is 13.3. The molecule has 0 saturated heterocycles. The molecule has 0 aromatic carbocycles. The van der Waals surface area contributed by atoms with Gasteiger partial charge >= 0.3 is 5.97 Å². The third-order valence-corrected chi connectivity index (χ3v) is 5.43. The second-order valence-corrected chi connectivity index (χ2v) is 8.68. The minimum Gasteiger partial charge on any atom is -0.462 e. The van der Waals surface area contributed by atoms with E-state index in [0.29, 0.717) is 32.8 Å². The second kappa shape index (κ2) is 24.1. The molecule has 0 aliphatic rings. The van der Waals surface area contributed by atoms with E-state index in [-0.39, 0.29) is 12.1 Å². The van der Waals surface area contributed by atoms with Crippen molar-refractivity contribution in [3.8, 4) is 0 Å². The van der Waals surface area contributed by atoms with Gasteiger partial charge in [0.1, 0.15) is 6.10 Å². The molecule has 0 aliphatic carbocycles. The van der Waals surface area contributed by atoms with Gasteiger partial charge in [-0.3, -0.25) is 4.79 Å². The van der Waals surface area contributed by atoms with Crippen LogP contribution >= 0.6 is 15.9 Å². The van der Waals surface area contributed by atoms with Crippen LogP contribution in [0.25, 0.3) is 0 Å². The highest BCUT2D eigenvalue weighted by Gasteiger charge is 2.14. The van der Waals surface area contributed by atoms with E-state index >= 15 is 0 Å². The number of hydrogen-bond donors (Lipinski definition) is 0. The van der Waals surface area contributed by atoms with Crippen molar-refractivity contribution < 1.29 is 19.0 Å². The molecule has 5 heteroatoms. The number of alkyl halides is 1. The van der Waals surface area contributed by atoms with E-state index in [0.717, 1.165) is 18.2 Å². The first kappa shape index (κ1) is 28.9. The molecule has 0 amide bonds. The first-order chi connectivity index (χ1) is 14.2. The summed E-state index contributed by atoms with van der Waals surface area (Å²) < 4.78 is 16.6. The van der Waals surface area contributed by atoms with Gasteiger partial charge in [-0.2, -0.15) is 0 Å². The van der Waals surface area contributed by atoms with Gasteiger partial charge < -0.3 is 14.2 Å². The van der Waals surface area contributed by atoms with E-state index < -0.39 is 0 Å². The summed E-state index contributed by atoms with van der Waals surface area (Å²) >= 11 is 3.31. The molecule has 0 aliphatic heterocycles. The van der Waals surface area contributed by atoms with Crippen molar-refractivity contribution in [2.24, 2.45) is 0 Å². The van der Waals surface area contributed by atoms with E-state index in [2.05, 4.69) is 29.8 Å². The molecule has 0 N–H and O–H groups in total. The quantitative estimate of drug-likeness (QED) is 0.0882. The lowest BCUT2D eigenvalue weighted by atomic mass is 10.0. The van der Waals surface area contributed by atoms with Crippen LogP contribution in [0.2, 0.25) is 0 Å². The van der Waals surface area contributed by atoms with Crippen molar-refractivity contribution in [3.05, 3.63) is 0 Å². The number of unbranched alkanes of at least 4 members (excludes halogenated alkanes) is 10. The highest BCUT2D eigenvalue weighted by Crippen LogP contribution is 2.17. The number of carbonyl (C=O) groups excluding carboxylic acids is 1. The summed E-state index contributed by atoms with van der Waals surface area (Å²) in [6.07, 6.45) is 17.8. The Kier molecular flexibility index (Phi) is 24.0. The monoisotopic (exact) mass is 478 g/mol. The second-order valence-electron chi connectivity index (χ2n) is 7.89. The molecule has 0 aromatic rings. The largest absolute Gasteiger partial charge is 0.462 e. The van der Waals surface area contributed by atoms with Crippen molar-refractivity contribution in [3.63, 3.8) is 0 Å². The van der Waals surface area contributed by atoms with Gasteiger partial charge in [0, 0.05) is 5.33 Å². The van der Waals surface area contributed by atoms with Crippen LogP contribution in [0.4, 0.5) is 0 Å². The Morgan fingerprint density at radius 2 is 1.17 bits per heavy atom. The molecule has 0 atom stereocenters. The van der Waals surface area contributed by atoms with Crippen LogP contribution in [0.5, 0.6) is 0 Å². The zero-order valence-electron chi connectivity index (χ0n) is 19.2. The summed E-state index contributed by atoms with van der Waals surface area (Å²) in [5.74, 6) is -0.117. The van der Waals surface area contributed by atoms with Crippen LogP contribution in [-0.4, -0.2) is 43.8 Å². The molecule has 0 heterocycles. The third-order valence-electron chi connectivity index (χ3n) is 5.10. The van der Waals surface area contributed by atoms with E-state index in [9.17, 15) is 4.79 Å². The molecular formula is C24H47BrO4. The van der Waals surface area contributed by atoms with Crippen molar-refractivity contribution in [2.75, 3.05) is 31.8 Å². The predicted octanol–water partition coefficient (Wildman–Crippen LogP) is 7.22. The number of carbonyl (C=O) groups is 1. The Bertz CT molecular complexity index is 323. The highest BCUT2D eigenvalue weighted by atomic mass is 79.9. The van der Waals surface area contributed by atoms with E-state index in [1.54, 1.807) is 0 Å². The molecule has 0 saturated carbocycles. The van der Waals surface area contributed by atoms with Crippen LogP contribution in [0.15, 0.2) is 0 Å². The molecule has 0 fully saturated rings. The average Bonchev–Trinajstić information content (AvgIpc) is 2.72. The lowest BCUT2D eigenvalue weighted by Crippen LogP contribution is -2.20. The number of halogens is 1. The maximum Gasteiger partial charge on any atom is 0.308 e. The third kappa shape index (κ3) is 22.4. The number of rotatable bonds is 23. The maximum atomic E-state index is 12.2. The van der Waals surface area contributed by atoms with Gasteiger partial charge in [-0.1, -0.05) is 94.0 Å². The van der Waals surface area contributed by atoms with Gasteiger partial charge in [-0.05, 0) is 25.7 Å². The Hall–Kier alpha value is -0.130. The van der Waals surface area contributed by atoms with Gasteiger partial charge in [-0.25, -0.2) is 0 Å². The van der Waals surface area contributed by atoms with Crippen molar-refractivity contribution in [2.45, 2.75) is 116 Å². The molecule has 0 bridgehead atoms. The Morgan fingerprint density at radius 3 is 1.69 bits per heavy atom. The van der Waals surface area contributed by atoms with E-state index in [1.165, 1.54) is 77.0 Å². The Balaban J connectivity index is 3.98. The molecule has 0 aromatic heterocycles. The van der Waals surface area contributed by atoms with Crippen molar-refractivity contribution in [1.82, 2.24) is 0 Å². The molecule has 29 heavy (non-hydrogen) atoms. The molecule has 0 unspecified atom stereocenters. The van der Waals surface area contributed by atoms with Crippen molar-refractivity contribution in [1.29, 1.82) is 0 Å². The summed E-state index contributed by atoms with van der Waals surface area (Å²) in [6, 6.07) is 0. The topological polar surface area (TPSA) is 44.8 Å². The average molecular weight is 480 g/mol. The number of hydrogen-bond acceptors (Lipinski definition) is 4. The molecule has 4 nitrogen and oxygen atoms in total. The summed E-state index contributed by atoms with van der Waals surface area (Å²) in [5, 5.41) is 0.831. The van der Waals surface area contributed by atoms with Crippen LogP contribution in [-0.2, 0) is 19.0 Å². The minimum absolute atomic E-state index is 0.0853. The fraction of sp³-hybridized carbons (Fsp3) is 0.958. The summed E-state index contributed by atoms with van der Waals surface area (Å²) in [5.41, 5.74) is 0. The van der Waals surface area contributed by atoms with Crippen LogP contribution in [0.1, 0.15) is 110 Å². The number of esters is 1. The summed E-state index contributed by atoms with van der Waals surface area (Å²) in [7, 11) is 0. The van der Waals surface area contributed by atoms with Crippen LogP contribution < -0.4 is 0 Å². The first-order valence-electron chi connectivity index (χ1n) is 12.2. The normalized spacial score (nSPS) is 11.3. The molecule has 0 spiro atoms. The fourth-order valence-corrected chi connectivity index (χ4v) is 3.57. The van der Waals surface area contributed by atoms with Gasteiger partial charge in [0.05, 0.1) is 32.8 Å². The molecule has 0 radical (unpaired) electrons. The van der Waals surface area contributed by atoms with Crippen LogP contribution in [0, 0.1) is 0 Å². The van der Waals surface area contributed by atoms with Gasteiger partial charge in [0.25, 0.3) is 0 Å². The van der Waals surface area contributed by atoms with E-state index in [1.807, 2.05) is 0 Å². The minimum atomic E-state index is -0.117. The Morgan fingerprint density at radius 1 is 0.690 bits per heavy atom. The van der Waals surface area contributed by atoms with Gasteiger partial charge in [-0.15, -0.1) is 0 Å².